The molecular formula is C22H29N5O9S2. The molecule has 0 unspecified atom stereocenters. The molecule has 0 amide bonds. The van der Waals surface area contributed by atoms with Crippen LogP contribution in [-0.4, -0.2) is 70.3 Å². The summed E-state index contributed by atoms with van der Waals surface area (Å²) in [6.07, 6.45) is 1.43. The molecule has 0 saturated carbocycles. The number of guanidine groups is 1. The number of furan rings is 1. The molecule has 38 heavy (non-hydrogen) atoms. The van der Waals surface area contributed by atoms with E-state index in [0.717, 1.165) is 10.8 Å². The summed E-state index contributed by atoms with van der Waals surface area (Å²) in [5.41, 5.74) is 6.15. The Morgan fingerprint density at radius 1 is 1.03 bits per heavy atom. The average Bonchev–Trinajstić information content (AvgIpc) is 3.26. The second kappa shape index (κ2) is 14.1. The third-order valence-corrected chi connectivity index (χ3v) is 4.09. The largest absolute Gasteiger partial charge is 0.452 e. The van der Waals surface area contributed by atoms with Gasteiger partial charge in [0.15, 0.2) is 5.96 Å². The van der Waals surface area contributed by atoms with Crippen LogP contribution in [0.15, 0.2) is 57.9 Å². The Kier molecular flexibility index (Phi) is 11.9. The van der Waals surface area contributed by atoms with Crippen molar-refractivity contribution in [3.8, 4) is 5.75 Å². The topological polar surface area (TPSA) is 234 Å². The number of carbonyl (C=O) groups is 1. The van der Waals surface area contributed by atoms with Gasteiger partial charge in [-0.05, 0) is 41.1 Å². The Morgan fingerprint density at radius 2 is 1.58 bits per heavy atom. The maximum absolute atomic E-state index is 12.3. The lowest BCUT2D eigenvalue weighted by atomic mass is 10.1. The number of nitrogen functional groups attached to an aromatic ring is 1. The number of hydrogen-bond donors (Lipinski definition) is 6. The van der Waals surface area contributed by atoms with Gasteiger partial charge in [0.1, 0.15) is 17.3 Å². The Hall–Kier alpha value is -3.99. The molecular weight excluding hydrogens is 542 g/mol. The van der Waals surface area contributed by atoms with Crippen molar-refractivity contribution in [1.82, 2.24) is 10.6 Å². The van der Waals surface area contributed by atoms with Gasteiger partial charge in [0, 0.05) is 19.7 Å². The van der Waals surface area contributed by atoms with Crippen LogP contribution >= 0.6 is 0 Å². The third-order valence-electron chi connectivity index (χ3n) is 4.09. The minimum atomic E-state index is -3.67. The van der Waals surface area contributed by atoms with Crippen molar-refractivity contribution in [1.29, 1.82) is 5.41 Å². The monoisotopic (exact) mass is 571 g/mol. The summed E-state index contributed by atoms with van der Waals surface area (Å²) < 4.78 is 62.7. The zero-order chi connectivity index (χ0) is 29.1. The van der Waals surface area contributed by atoms with Gasteiger partial charge in [0.2, 0.25) is 5.76 Å². The second-order valence-electron chi connectivity index (χ2n) is 7.43. The van der Waals surface area contributed by atoms with Gasteiger partial charge >= 0.3 is 5.97 Å². The van der Waals surface area contributed by atoms with E-state index in [9.17, 15) is 21.6 Å². The normalized spacial score (nSPS) is 11.4. The smallest absolute Gasteiger partial charge is 0.379 e. The summed E-state index contributed by atoms with van der Waals surface area (Å²) in [5.74, 6) is 1.14. The van der Waals surface area contributed by atoms with Crippen LogP contribution in [0.2, 0.25) is 0 Å². The Balaban J connectivity index is 0.000000616. The van der Waals surface area contributed by atoms with Crippen LogP contribution in [0.5, 0.6) is 5.75 Å². The fraction of sp³-hybridized carbons (Fsp3) is 0.227. The predicted molar refractivity (Wildman–Crippen MR) is 143 cm³/mol. The molecule has 0 atom stereocenters. The van der Waals surface area contributed by atoms with Gasteiger partial charge in [-0.15, -0.1) is 0 Å². The minimum Gasteiger partial charge on any atom is -0.452 e. The molecule has 0 spiro atoms. The van der Waals surface area contributed by atoms with Crippen LogP contribution in [0, 0.1) is 5.41 Å². The summed E-state index contributed by atoms with van der Waals surface area (Å²) >= 11 is 0. The number of carbonyl (C=O) groups excluding carboxylic acids is 1. The van der Waals surface area contributed by atoms with E-state index in [-0.39, 0.29) is 11.6 Å². The number of ether oxygens (including phenoxy) is 1. The van der Waals surface area contributed by atoms with E-state index >= 15 is 0 Å². The maximum Gasteiger partial charge on any atom is 0.379 e. The number of amidine groups is 1. The number of esters is 1. The van der Waals surface area contributed by atoms with Crippen molar-refractivity contribution in [3.63, 3.8) is 0 Å². The van der Waals surface area contributed by atoms with E-state index in [1.54, 1.807) is 44.4 Å². The van der Waals surface area contributed by atoms with Crippen LogP contribution in [-0.2, 0) is 26.8 Å². The number of nitrogens with two attached hydrogens (primary N) is 1. The quantitative estimate of drug-likeness (QED) is 0.0834. The van der Waals surface area contributed by atoms with Crippen molar-refractivity contribution in [2.24, 2.45) is 10.7 Å². The summed E-state index contributed by atoms with van der Waals surface area (Å²) in [7, 11) is -3.92. The van der Waals surface area contributed by atoms with Crippen molar-refractivity contribution in [2.45, 2.75) is 6.54 Å². The molecule has 0 fully saturated rings. The number of nitrogens with zero attached hydrogens (tertiary/aromatic N) is 1. The lowest BCUT2D eigenvalue weighted by molar-refractivity contribution is 0.0699. The number of rotatable bonds is 5. The Bertz CT molecular complexity index is 1470. The van der Waals surface area contributed by atoms with Crippen LogP contribution in [0.25, 0.3) is 10.8 Å². The molecule has 1 heterocycles. The fourth-order valence-corrected chi connectivity index (χ4v) is 2.64. The standard InChI is InChI=1S/C20H21N5O3.2CH4O3S/c1-23-20(24-2)25-11-16-7-8-17(27-16)19(26)28-15-6-5-12-9-14(18(21)22)4-3-13(12)10-15;2*1-5(2,3)4/h3-10H,11H2,1-2H3,(H3,21,22)(H2,23,24,25);2*1H3,(H,2,3,4). The molecule has 3 rings (SSSR count). The first-order valence-electron chi connectivity index (χ1n) is 10.4. The summed E-state index contributed by atoms with van der Waals surface area (Å²) in [4.78, 5) is 16.3. The summed E-state index contributed by atoms with van der Waals surface area (Å²) in [6, 6.07) is 13.9. The van der Waals surface area contributed by atoms with E-state index in [0.29, 0.717) is 42.1 Å². The van der Waals surface area contributed by atoms with Crippen LogP contribution in [0.3, 0.4) is 0 Å². The van der Waals surface area contributed by atoms with Gasteiger partial charge in [-0.25, -0.2) is 4.79 Å². The third kappa shape index (κ3) is 13.4. The lowest BCUT2D eigenvalue weighted by Gasteiger charge is -2.07. The van der Waals surface area contributed by atoms with Crippen molar-refractivity contribution in [3.05, 3.63) is 65.6 Å². The summed E-state index contributed by atoms with van der Waals surface area (Å²) in [6.45, 7) is 0.384. The van der Waals surface area contributed by atoms with Gasteiger partial charge in [-0.1, -0.05) is 18.2 Å². The van der Waals surface area contributed by atoms with Gasteiger partial charge in [0.05, 0.1) is 19.1 Å². The first kappa shape index (κ1) is 32.0. The molecule has 0 aliphatic carbocycles. The molecule has 16 heteroatoms. The minimum absolute atomic E-state index is 0.00700. The molecule has 14 nitrogen and oxygen atoms in total. The lowest BCUT2D eigenvalue weighted by Crippen LogP contribution is -2.33. The van der Waals surface area contributed by atoms with Gasteiger partial charge in [0.25, 0.3) is 20.2 Å². The first-order chi connectivity index (χ1) is 17.5. The predicted octanol–water partition coefficient (Wildman–Crippen LogP) is 1.24. The fourth-order valence-electron chi connectivity index (χ4n) is 2.64. The van der Waals surface area contributed by atoms with Crippen molar-refractivity contribution < 1.29 is 39.9 Å². The van der Waals surface area contributed by atoms with Gasteiger partial charge in [-0.2, -0.15) is 16.8 Å². The average molecular weight is 572 g/mol. The summed E-state index contributed by atoms with van der Waals surface area (Å²) in [5, 5.41) is 15.2. The molecule has 0 aliphatic heterocycles. The highest BCUT2D eigenvalue weighted by Gasteiger charge is 2.14. The van der Waals surface area contributed by atoms with Crippen LogP contribution in [0.1, 0.15) is 21.9 Å². The Morgan fingerprint density at radius 3 is 2.11 bits per heavy atom. The molecule has 3 aromatic rings. The van der Waals surface area contributed by atoms with E-state index in [2.05, 4.69) is 15.6 Å². The van der Waals surface area contributed by atoms with E-state index in [1.807, 2.05) is 18.2 Å². The number of benzene rings is 2. The highest BCUT2D eigenvalue weighted by atomic mass is 32.2. The maximum atomic E-state index is 12.3. The number of hydrogen-bond acceptors (Lipinski definition) is 9. The molecule has 2 aromatic carbocycles. The van der Waals surface area contributed by atoms with E-state index < -0.39 is 26.2 Å². The molecule has 1 aromatic heterocycles. The highest BCUT2D eigenvalue weighted by molar-refractivity contribution is 7.85. The molecule has 0 aliphatic rings. The van der Waals surface area contributed by atoms with E-state index in [1.165, 1.54) is 0 Å². The molecule has 0 bridgehead atoms. The van der Waals surface area contributed by atoms with Gasteiger partial charge in [-0.3, -0.25) is 19.5 Å². The van der Waals surface area contributed by atoms with Crippen molar-refractivity contribution >= 4 is 48.8 Å². The van der Waals surface area contributed by atoms with Crippen LogP contribution < -0.4 is 21.1 Å². The Labute approximate surface area is 219 Å². The SMILES string of the molecule is CN=C(NC)NCc1ccc(C(=O)Oc2ccc3cc(C(=N)N)ccc3c2)o1.CS(=O)(=O)O.CS(=O)(=O)O. The zero-order valence-electron chi connectivity index (χ0n) is 20.9. The number of fused-ring (bicyclic) bond motifs is 1. The van der Waals surface area contributed by atoms with Crippen LogP contribution in [0.4, 0.5) is 0 Å². The van der Waals surface area contributed by atoms with Gasteiger partial charge < -0.3 is 25.5 Å². The molecule has 0 saturated heterocycles. The van der Waals surface area contributed by atoms with E-state index in [4.69, 9.17) is 29.4 Å². The molecule has 7 N–H and O–H groups in total. The zero-order valence-corrected chi connectivity index (χ0v) is 22.6. The number of nitrogens with one attached hydrogen (secondary N) is 3. The molecule has 0 radical (unpaired) electrons. The molecule has 208 valence electrons. The van der Waals surface area contributed by atoms with Crippen molar-refractivity contribution in [2.75, 3.05) is 26.6 Å². The first-order valence-corrected chi connectivity index (χ1v) is 14.1. The number of aliphatic imine (C=N–C) groups is 1. The second-order valence-corrected chi connectivity index (χ2v) is 10.4. The highest BCUT2D eigenvalue weighted by Crippen LogP contribution is 2.23.